The second kappa shape index (κ2) is 11.8. The van der Waals surface area contributed by atoms with E-state index in [2.05, 4.69) is 6.92 Å². The third-order valence-corrected chi connectivity index (χ3v) is 4.29. The topological polar surface area (TPSA) is 74.6 Å². The number of carboxylic acids is 1. The van der Waals surface area contributed by atoms with Crippen molar-refractivity contribution in [3.05, 3.63) is 36.5 Å². The fourth-order valence-corrected chi connectivity index (χ4v) is 2.86. The number of aliphatic hydroxyl groups excluding tert-OH is 1. The Balaban J connectivity index is 2.32. The highest BCUT2D eigenvalue weighted by molar-refractivity contribution is 5.94. The summed E-state index contributed by atoms with van der Waals surface area (Å²) in [5.74, 6) is -0.442. The maximum absolute atomic E-state index is 11.9. The Morgan fingerprint density at radius 1 is 1.29 bits per heavy atom. The van der Waals surface area contributed by atoms with E-state index in [9.17, 15) is 14.7 Å². The van der Waals surface area contributed by atoms with Gasteiger partial charge in [0.1, 0.15) is 0 Å². The van der Waals surface area contributed by atoms with Crippen LogP contribution in [-0.2, 0) is 9.59 Å². The lowest BCUT2D eigenvalue weighted by Crippen LogP contribution is -2.15. The first-order chi connectivity index (χ1) is 11.5. The lowest BCUT2D eigenvalue weighted by Gasteiger charge is -2.15. The van der Waals surface area contributed by atoms with Crippen LogP contribution in [0.25, 0.3) is 0 Å². The van der Waals surface area contributed by atoms with Crippen molar-refractivity contribution in [1.29, 1.82) is 0 Å². The summed E-state index contributed by atoms with van der Waals surface area (Å²) in [5.41, 5.74) is 0. The smallest absolute Gasteiger partial charge is 0.303 e. The van der Waals surface area contributed by atoms with Crippen LogP contribution >= 0.6 is 0 Å². The van der Waals surface area contributed by atoms with Crippen molar-refractivity contribution in [3.8, 4) is 0 Å². The van der Waals surface area contributed by atoms with E-state index in [0.717, 1.165) is 25.7 Å². The molecule has 0 spiro atoms. The Labute approximate surface area is 145 Å². The maximum Gasteiger partial charge on any atom is 0.303 e. The minimum Gasteiger partial charge on any atom is -0.481 e. The minimum atomic E-state index is -0.779. The van der Waals surface area contributed by atoms with Crippen molar-refractivity contribution in [3.63, 3.8) is 0 Å². The molecule has 4 heteroatoms. The largest absolute Gasteiger partial charge is 0.481 e. The Kier molecular flexibility index (Phi) is 10.0. The molecule has 1 aliphatic carbocycles. The van der Waals surface area contributed by atoms with Gasteiger partial charge < -0.3 is 10.2 Å². The van der Waals surface area contributed by atoms with Gasteiger partial charge in [-0.3, -0.25) is 9.59 Å². The van der Waals surface area contributed by atoms with Gasteiger partial charge in [-0.15, -0.1) is 0 Å². The van der Waals surface area contributed by atoms with E-state index in [1.807, 2.05) is 24.3 Å². The van der Waals surface area contributed by atoms with Gasteiger partial charge in [0.2, 0.25) is 0 Å². The van der Waals surface area contributed by atoms with E-state index in [-0.39, 0.29) is 24.0 Å². The fraction of sp³-hybridized carbons (Fsp3) is 0.600. The van der Waals surface area contributed by atoms with Crippen LogP contribution in [-0.4, -0.2) is 28.1 Å². The summed E-state index contributed by atoms with van der Waals surface area (Å²) >= 11 is 0. The molecule has 0 aromatic rings. The predicted octanol–water partition coefficient (Wildman–Crippen LogP) is 4.06. The van der Waals surface area contributed by atoms with Crippen LogP contribution in [0.1, 0.15) is 58.3 Å². The number of carboxylic acid groups (broad SMARTS) is 1. The van der Waals surface area contributed by atoms with Crippen molar-refractivity contribution < 1.29 is 19.8 Å². The van der Waals surface area contributed by atoms with Crippen molar-refractivity contribution in [2.24, 2.45) is 11.8 Å². The van der Waals surface area contributed by atoms with E-state index in [4.69, 9.17) is 5.11 Å². The molecule has 4 nitrogen and oxygen atoms in total. The zero-order valence-corrected chi connectivity index (χ0v) is 14.6. The van der Waals surface area contributed by atoms with Crippen LogP contribution in [0.5, 0.6) is 0 Å². The number of carbonyl (C=O) groups is 2. The summed E-state index contributed by atoms with van der Waals surface area (Å²) in [7, 11) is 0. The summed E-state index contributed by atoms with van der Waals surface area (Å²) in [5, 5.41) is 18.5. The van der Waals surface area contributed by atoms with Crippen molar-refractivity contribution in [1.82, 2.24) is 0 Å². The number of aliphatic carboxylic acids is 1. The number of allylic oxidation sites excluding steroid dienone is 4. The van der Waals surface area contributed by atoms with Crippen LogP contribution < -0.4 is 0 Å². The second-order valence-electron chi connectivity index (χ2n) is 6.39. The first kappa shape index (κ1) is 20.4. The maximum atomic E-state index is 11.9. The van der Waals surface area contributed by atoms with Gasteiger partial charge in [0, 0.05) is 18.3 Å². The molecule has 0 aromatic carbocycles. The predicted molar refractivity (Wildman–Crippen MR) is 95.7 cm³/mol. The summed E-state index contributed by atoms with van der Waals surface area (Å²) in [4.78, 5) is 22.3. The molecule has 0 bridgehead atoms. The average Bonchev–Trinajstić information content (AvgIpc) is 2.89. The average molecular weight is 334 g/mol. The SMILES string of the molecule is CCCCC[C@@H]1C(=O)C=C[C@@H]1/C=C/[C@@H](O)C/C=C\CCCC(=O)O. The summed E-state index contributed by atoms with van der Waals surface area (Å²) < 4.78 is 0. The molecule has 1 aliphatic rings. The number of hydrogen-bond acceptors (Lipinski definition) is 3. The molecule has 2 N–H and O–H groups in total. The third-order valence-electron chi connectivity index (χ3n) is 4.29. The third kappa shape index (κ3) is 8.25. The lowest BCUT2D eigenvalue weighted by atomic mass is 9.89. The van der Waals surface area contributed by atoms with Gasteiger partial charge >= 0.3 is 5.97 Å². The fourth-order valence-electron chi connectivity index (χ4n) is 2.86. The number of aliphatic hydroxyl groups is 1. The quantitative estimate of drug-likeness (QED) is 0.417. The summed E-state index contributed by atoms with van der Waals surface area (Å²) in [6.45, 7) is 2.15. The first-order valence-electron chi connectivity index (χ1n) is 8.99. The van der Waals surface area contributed by atoms with Crippen molar-refractivity contribution in [2.45, 2.75) is 64.4 Å². The minimum absolute atomic E-state index is 0.0339. The molecule has 24 heavy (non-hydrogen) atoms. The molecule has 0 amide bonds. The van der Waals surface area contributed by atoms with Crippen LogP contribution in [0.15, 0.2) is 36.5 Å². The van der Waals surface area contributed by atoms with Gasteiger partial charge in [-0.25, -0.2) is 0 Å². The number of carbonyl (C=O) groups excluding carboxylic acids is 1. The molecule has 0 radical (unpaired) electrons. The molecule has 0 fully saturated rings. The van der Waals surface area contributed by atoms with Gasteiger partial charge in [-0.05, 0) is 31.8 Å². The second-order valence-corrected chi connectivity index (χ2v) is 6.39. The summed E-state index contributed by atoms with van der Waals surface area (Å²) in [6, 6.07) is 0. The molecule has 0 unspecified atom stereocenters. The highest BCUT2D eigenvalue weighted by atomic mass is 16.4. The monoisotopic (exact) mass is 334 g/mol. The van der Waals surface area contributed by atoms with Crippen LogP contribution in [0.4, 0.5) is 0 Å². The summed E-state index contributed by atoms with van der Waals surface area (Å²) in [6.07, 6.45) is 16.8. The number of unbranched alkanes of at least 4 members (excludes halogenated alkanes) is 3. The van der Waals surface area contributed by atoms with Crippen LogP contribution in [0, 0.1) is 11.8 Å². The Hall–Kier alpha value is -1.68. The normalized spacial score (nSPS) is 22.0. The molecule has 134 valence electrons. The Bertz CT molecular complexity index is 476. The van der Waals surface area contributed by atoms with E-state index >= 15 is 0 Å². The van der Waals surface area contributed by atoms with Gasteiger partial charge in [-0.2, -0.15) is 0 Å². The molecule has 1 rings (SSSR count). The van der Waals surface area contributed by atoms with Gasteiger partial charge in [-0.1, -0.05) is 56.6 Å². The zero-order valence-electron chi connectivity index (χ0n) is 14.6. The van der Waals surface area contributed by atoms with Gasteiger partial charge in [0.25, 0.3) is 0 Å². The lowest BCUT2D eigenvalue weighted by molar-refractivity contribution is -0.137. The number of ketones is 1. The highest BCUT2D eigenvalue weighted by Crippen LogP contribution is 2.28. The molecule has 0 aromatic heterocycles. The standard InChI is InChI=1S/C20H30O4/c1-2-3-6-10-18-16(13-15-19(18)22)12-14-17(21)9-7-4-5-8-11-20(23)24/h4,7,12-18,21H,2-3,5-6,8-11H2,1H3,(H,23,24)/b7-4-,14-12+/t16-,17-,18-/m0/s1. The number of hydrogen-bond donors (Lipinski definition) is 2. The zero-order chi connectivity index (χ0) is 17.8. The first-order valence-corrected chi connectivity index (χ1v) is 8.99. The van der Waals surface area contributed by atoms with E-state index < -0.39 is 12.1 Å². The van der Waals surface area contributed by atoms with E-state index in [0.29, 0.717) is 19.3 Å². The Morgan fingerprint density at radius 3 is 2.79 bits per heavy atom. The van der Waals surface area contributed by atoms with Gasteiger partial charge in [0.15, 0.2) is 5.78 Å². The van der Waals surface area contributed by atoms with Crippen LogP contribution in [0.2, 0.25) is 0 Å². The molecule has 3 atom stereocenters. The molecule has 0 aliphatic heterocycles. The number of rotatable bonds is 12. The molecular formula is C20H30O4. The van der Waals surface area contributed by atoms with E-state index in [1.165, 1.54) is 0 Å². The van der Waals surface area contributed by atoms with Crippen molar-refractivity contribution in [2.75, 3.05) is 0 Å². The molecule has 0 heterocycles. The highest BCUT2D eigenvalue weighted by Gasteiger charge is 2.27. The molecular weight excluding hydrogens is 304 g/mol. The Morgan fingerprint density at radius 2 is 2.08 bits per heavy atom. The molecule has 0 saturated heterocycles. The van der Waals surface area contributed by atoms with Gasteiger partial charge in [0.05, 0.1) is 6.10 Å². The van der Waals surface area contributed by atoms with E-state index in [1.54, 1.807) is 12.2 Å². The molecule has 0 saturated carbocycles. The van der Waals surface area contributed by atoms with Crippen molar-refractivity contribution >= 4 is 11.8 Å². The van der Waals surface area contributed by atoms with Crippen LogP contribution in [0.3, 0.4) is 0 Å².